The molecule has 2 rings (SSSR count). The number of methoxy groups -OCH3 is 1. The molecule has 0 saturated heterocycles. The highest BCUT2D eigenvalue weighted by Crippen LogP contribution is 2.22. The van der Waals surface area contributed by atoms with Crippen molar-refractivity contribution < 1.29 is 22.7 Å². The lowest BCUT2D eigenvalue weighted by atomic mass is 10.2. The van der Waals surface area contributed by atoms with Crippen LogP contribution in [0.1, 0.15) is 13.3 Å². The highest BCUT2D eigenvalue weighted by Gasteiger charge is 2.19. The second-order valence-corrected chi connectivity index (χ2v) is 7.97. The number of anilines is 2. The van der Waals surface area contributed by atoms with Crippen LogP contribution >= 0.6 is 0 Å². The van der Waals surface area contributed by atoms with E-state index in [1.165, 1.54) is 7.05 Å². The van der Waals surface area contributed by atoms with Crippen LogP contribution in [0, 0.1) is 0 Å². The van der Waals surface area contributed by atoms with Crippen molar-refractivity contribution in [3.63, 3.8) is 0 Å². The van der Waals surface area contributed by atoms with E-state index in [9.17, 15) is 13.2 Å². The molecular weight excluding hydrogens is 368 g/mol. The van der Waals surface area contributed by atoms with E-state index in [2.05, 4.69) is 5.32 Å². The van der Waals surface area contributed by atoms with Crippen molar-refractivity contribution in [1.29, 1.82) is 0 Å². The summed E-state index contributed by atoms with van der Waals surface area (Å²) in [5, 5.41) is 2.77. The van der Waals surface area contributed by atoms with Crippen molar-refractivity contribution in [2.75, 3.05) is 30.0 Å². The Bertz CT molecular complexity index is 881. The van der Waals surface area contributed by atoms with Crippen molar-refractivity contribution in [1.82, 2.24) is 0 Å². The lowest BCUT2D eigenvalue weighted by molar-refractivity contribution is -0.122. The number of carbonyl (C=O) groups is 1. The lowest BCUT2D eigenvalue weighted by Crippen LogP contribution is -2.32. The second kappa shape index (κ2) is 8.77. The fourth-order valence-electron chi connectivity index (χ4n) is 2.33. The first-order valence-electron chi connectivity index (χ1n) is 8.40. The van der Waals surface area contributed by atoms with Gasteiger partial charge in [-0.3, -0.25) is 9.10 Å². The zero-order valence-electron chi connectivity index (χ0n) is 15.8. The standard InChI is InChI=1S/C19H24N2O5S/c1-5-18(26-17-11-9-16(25-3)10-12-17)19(22)20-14-7-6-8-15(13-14)21(2)27(4,23)24/h6-13,18H,5H2,1-4H3,(H,20,22)/t18-/m0/s1. The number of amides is 1. The average Bonchev–Trinajstić information content (AvgIpc) is 2.65. The normalized spacial score (nSPS) is 12.1. The summed E-state index contributed by atoms with van der Waals surface area (Å²) in [6.45, 7) is 1.85. The minimum absolute atomic E-state index is 0.313. The molecule has 0 aliphatic carbocycles. The number of sulfonamides is 1. The van der Waals surface area contributed by atoms with Gasteiger partial charge in [0.1, 0.15) is 11.5 Å². The van der Waals surface area contributed by atoms with Crippen LogP contribution in [0.3, 0.4) is 0 Å². The van der Waals surface area contributed by atoms with Crippen molar-refractivity contribution in [2.45, 2.75) is 19.4 Å². The van der Waals surface area contributed by atoms with E-state index in [0.29, 0.717) is 29.3 Å². The summed E-state index contributed by atoms with van der Waals surface area (Å²) in [6, 6.07) is 13.6. The lowest BCUT2D eigenvalue weighted by Gasteiger charge is -2.19. The Labute approximate surface area is 160 Å². The number of benzene rings is 2. The van der Waals surface area contributed by atoms with E-state index in [4.69, 9.17) is 9.47 Å². The molecule has 146 valence electrons. The summed E-state index contributed by atoms with van der Waals surface area (Å²) in [7, 11) is -0.350. The molecule has 0 heterocycles. The van der Waals surface area contributed by atoms with Gasteiger partial charge in [-0.05, 0) is 48.9 Å². The average molecular weight is 392 g/mol. The topological polar surface area (TPSA) is 84.9 Å². The Balaban J connectivity index is 2.09. The second-order valence-electron chi connectivity index (χ2n) is 5.96. The first kappa shape index (κ1) is 20.6. The number of nitrogens with zero attached hydrogens (tertiary/aromatic N) is 1. The Morgan fingerprint density at radius 3 is 2.33 bits per heavy atom. The Morgan fingerprint density at radius 2 is 1.78 bits per heavy atom. The molecule has 0 aromatic heterocycles. The predicted octanol–water partition coefficient (Wildman–Crippen LogP) is 2.89. The van der Waals surface area contributed by atoms with Crippen LogP contribution in [0.5, 0.6) is 11.5 Å². The summed E-state index contributed by atoms with van der Waals surface area (Å²) in [6.07, 6.45) is 0.907. The first-order chi connectivity index (χ1) is 12.7. The fraction of sp³-hybridized carbons (Fsp3) is 0.316. The summed E-state index contributed by atoms with van der Waals surface area (Å²) in [5.41, 5.74) is 0.948. The number of carbonyl (C=O) groups excluding carboxylic acids is 1. The van der Waals surface area contributed by atoms with Crippen molar-refractivity contribution in [3.8, 4) is 11.5 Å². The molecule has 0 unspecified atom stereocenters. The van der Waals surface area contributed by atoms with E-state index in [1.807, 2.05) is 6.92 Å². The van der Waals surface area contributed by atoms with Crippen LogP contribution in [0.15, 0.2) is 48.5 Å². The Kier molecular flexibility index (Phi) is 6.68. The van der Waals surface area contributed by atoms with E-state index in [1.54, 1.807) is 55.6 Å². The third-order valence-electron chi connectivity index (χ3n) is 3.98. The van der Waals surface area contributed by atoms with Gasteiger partial charge in [-0.1, -0.05) is 13.0 Å². The van der Waals surface area contributed by atoms with Gasteiger partial charge in [0.05, 0.1) is 19.1 Å². The molecule has 0 fully saturated rings. The van der Waals surface area contributed by atoms with Crippen LogP contribution in [0.25, 0.3) is 0 Å². The van der Waals surface area contributed by atoms with Gasteiger partial charge in [-0.25, -0.2) is 8.42 Å². The van der Waals surface area contributed by atoms with Gasteiger partial charge in [0.15, 0.2) is 6.10 Å². The molecule has 0 saturated carbocycles. The van der Waals surface area contributed by atoms with Crippen LogP contribution in [-0.2, 0) is 14.8 Å². The Hall–Kier alpha value is -2.74. The summed E-state index contributed by atoms with van der Waals surface area (Å²) in [5.74, 6) is 0.947. The summed E-state index contributed by atoms with van der Waals surface area (Å²) < 4.78 is 35.4. The molecule has 0 aliphatic heterocycles. The summed E-state index contributed by atoms with van der Waals surface area (Å²) in [4.78, 5) is 12.6. The molecule has 1 N–H and O–H groups in total. The number of ether oxygens (including phenoxy) is 2. The van der Waals surface area contributed by atoms with Crippen LogP contribution < -0.4 is 19.1 Å². The van der Waals surface area contributed by atoms with Gasteiger partial charge in [0.25, 0.3) is 5.91 Å². The smallest absolute Gasteiger partial charge is 0.265 e. The van der Waals surface area contributed by atoms with E-state index < -0.39 is 16.1 Å². The third kappa shape index (κ3) is 5.62. The molecule has 0 spiro atoms. The van der Waals surface area contributed by atoms with Gasteiger partial charge in [0, 0.05) is 12.7 Å². The maximum Gasteiger partial charge on any atom is 0.265 e. The molecule has 2 aromatic rings. The molecule has 27 heavy (non-hydrogen) atoms. The molecule has 7 nitrogen and oxygen atoms in total. The van der Waals surface area contributed by atoms with Gasteiger partial charge < -0.3 is 14.8 Å². The summed E-state index contributed by atoms with van der Waals surface area (Å²) >= 11 is 0. The molecular formula is C19H24N2O5S. The SMILES string of the molecule is CC[C@H](Oc1ccc(OC)cc1)C(=O)Nc1cccc(N(C)S(C)(=O)=O)c1. The quantitative estimate of drug-likeness (QED) is 0.747. The fourth-order valence-corrected chi connectivity index (χ4v) is 2.83. The number of hydrogen-bond acceptors (Lipinski definition) is 5. The van der Waals surface area contributed by atoms with Gasteiger partial charge >= 0.3 is 0 Å². The monoisotopic (exact) mass is 392 g/mol. The van der Waals surface area contributed by atoms with E-state index in [-0.39, 0.29) is 5.91 Å². The molecule has 1 amide bonds. The molecule has 1 atom stereocenters. The van der Waals surface area contributed by atoms with Crippen molar-refractivity contribution in [2.24, 2.45) is 0 Å². The molecule has 0 bridgehead atoms. The van der Waals surface area contributed by atoms with Crippen LogP contribution in [0.4, 0.5) is 11.4 Å². The Morgan fingerprint density at radius 1 is 1.15 bits per heavy atom. The van der Waals surface area contributed by atoms with Gasteiger partial charge in [-0.2, -0.15) is 0 Å². The van der Waals surface area contributed by atoms with Crippen LogP contribution in [-0.4, -0.2) is 40.8 Å². The molecule has 0 radical (unpaired) electrons. The predicted molar refractivity (Wildman–Crippen MR) is 106 cm³/mol. The maximum absolute atomic E-state index is 12.6. The van der Waals surface area contributed by atoms with Gasteiger partial charge in [-0.15, -0.1) is 0 Å². The van der Waals surface area contributed by atoms with Crippen molar-refractivity contribution in [3.05, 3.63) is 48.5 Å². The van der Waals surface area contributed by atoms with E-state index >= 15 is 0 Å². The number of rotatable bonds is 8. The zero-order valence-corrected chi connectivity index (χ0v) is 16.6. The van der Waals surface area contributed by atoms with Crippen molar-refractivity contribution >= 4 is 27.3 Å². The number of hydrogen-bond donors (Lipinski definition) is 1. The van der Waals surface area contributed by atoms with Crippen LogP contribution in [0.2, 0.25) is 0 Å². The van der Waals surface area contributed by atoms with Gasteiger partial charge in [0.2, 0.25) is 10.0 Å². The maximum atomic E-state index is 12.6. The minimum atomic E-state index is -3.38. The minimum Gasteiger partial charge on any atom is -0.497 e. The molecule has 8 heteroatoms. The zero-order chi connectivity index (χ0) is 20.0. The molecule has 0 aliphatic rings. The number of nitrogens with one attached hydrogen (secondary N) is 1. The highest BCUT2D eigenvalue weighted by atomic mass is 32.2. The largest absolute Gasteiger partial charge is 0.497 e. The molecule has 2 aromatic carbocycles. The van der Waals surface area contributed by atoms with E-state index in [0.717, 1.165) is 10.6 Å². The highest BCUT2D eigenvalue weighted by molar-refractivity contribution is 7.92. The first-order valence-corrected chi connectivity index (χ1v) is 10.2. The third-order valence-corrected chi connectivity index (χ3v) is 5.18.